The molecule has 1 fully saturated rings. The molecule has 0 spiro atoms. The molecule has 0 amide bonds. The van der Waals surface area contributed by atoms with Crippen molar-refractivity contribution < 1.29 is 0 Å². The number of hydrogen-bond acceptors (Lipinski definition) is 2. The van der Waals surface area contributed by atoms with Crippen LogP contribution >= 0.6 is 23.4 Å². The van der Waals surface area contributed by atoms with Gasteiger partial charge in [-0.2, -0.15) is 11.8 Å². The van der Waals surface area contributed by atoms with E-state index in [2.05, 4.69) is 30.4 Å². The summed E-state index contributed by atoms with van der Waals surface area (Å²) < 4.78 is 0. The summed E-state index contributed by atoms with van der Waals surface area (Å²) in [5.74, 6) is 2.45. The summed E-state index contributed by atoms with van der Waals surface area (Å²) in [5, 5.41) is 4.25. The SMILES string of the molecule is CCSCCC1(c2cccc(Cl)c2)CNC1. The molecule has 0 radical (unpaired) electrons. The number of rotatable bonds is 5. The summed E-state index contributed by atoms with van der Waals surface area (Å²) in [6, 6.07) is 8.35. The number of thioether (sulfide) groups is 1. The highest BCUT2D eigenvalue weighted by molar-refractivity contribution is 7.99. The van der Waals surface area contributed by atoms with Gasteiger partial charge in [-0.25, -0.2) is 0 Å². The minimum Gasteiger partial charge on any atom is -0.315 e. The van der Waals surface area contributed by atoms with Crippen LogP contribution in [-0.4, -0.2) is 24.6 Å². The molecule has 1 saturated heterocycles. The summed E-state index contributed by atoms with van der Waals surface area (Å²) in [6.07, 6.45) is 1.25. The van der Waals surface area contributed by atoms with E-state index in [1.807, 2.05) is 17.8 Å². The van der Waals surface area contributed by atoms with Crippen molar-refractivity contribution in [3.63, 3.8) is 0 Å². The van der Waals surface area contributed by atoms with E-state index in [0.29, 0.717) is 5.41 Å². The van der Waals surface area contributed by atoms with E-state index in [1.54, 1.807) is 0 Å². The number of halogens is 1. The zero-order valence-electron chi connectivity index (χ0n) is 9.63. The lowest BCUT2D eigenvalue weighted by atomic mass is 9.73. The van der Waals surface area contributed by atoms with Crippen LogP contribution in [0.5, 0.6) is 0 Å². The van der Waals surface area contributed by atoms with Crippen molar-refractivity contribution in [2.75, 3.05) is 24.6 Å². The Labute approximate surface area is 107 Å². The molecule has 1 nitrogen and oxygen atoms in total. The maximum absolute atomic E-state index is 6.07. The van der Waals surface area contributed by atoms with Gasteiger partial charge in [0.2, 0.25) is 0 Å². The van der Waals surface area contributed by atoms with Gasteiger partial charge in [-0.15, -0.1) is 0 Å². The molecule has 1 aliphatic heterocycles. The Hall–Kier alpha value is -0.180. The van der Waals surface area contributed by atoms with Crippen molar-refractivity contribution in [3.8, 4) is 0 Å². The van der Waals surface area contributed by atoms with Crippen molar-refractivity contribution in [1.82, 2.24) is 5.32 Å². The minimum absolute atomic E-state index is 0.340. The standard InChI is InChI=1S/C13H18ClNS/c1-2-16-7-6-13(9-15-10-13)11-4-3-5-12(14)8-11/h3-5,8,15H,2,6-7,9-10H2,1H3. The van der Waals surface area contributed by atoms with Gasteiger partial charge < -0.3 is 5.32 Å². The maximum Gasteiger partial charge on any atom is 0.0408 e. The lowest BCUT2D eigenvalue weighted by molar-refractivity contribution is 0.269. The highest BCUT2D eigenvalue weighted by Gasteiger charge is 2.37. The smallest absolute Gasteiger partial charge is 0.0408 e. The van der Waals surface area contributed by atoms with Crippen LogP contribution in [-0.2, 0) is 5.41 Å². The van der Waals surface area contributed by atoms with Gasteiger partial charge >= 0.3 is 0 Å². The normalized spacial score (nSPS) is 18.1. The lowest BCUT2D eigenvalue weighted by Gasteiger charge is -2.43. The summed E-state index contributed by atoms with van der Waals surface area (Å²) in [6.45, 7) is 4.41. The van der Waals surface area contributed by atoms with Crippen molar-refractivity contribution in [2.24, 2.45) is 0 Å². The highest BCUT2D eigenvalue weighted by Crippen LogP contribution is 2.34. The maximum atomic E-state index is 6.07. The molecule has 3 heteroatoms. The Kier molecular flexibility index (Phi) is 4.17. The van der Waals surface area contributed by atoms with Gasteiger partial charge in [0.15, 0.2) is 0 Å². The Bertz CT molecular complexity index is 350. The fourth-order valence-electron chi connectivity index (χ4n) is 2.18. The Balaban J connectivity index is 2.08. The Morgan fingerprint density at radius 1 is 1.44 bits per heavy atom. The van der Waals surface area contributed by atoms with E-state index in [1.165, 1.54) is 23.5 Å². The quantitative estimate of drug-likeness (QED) is 0.810. The first-order valence-corrected chi connectivity index (χ1v) is 7.35. The molecule has 0 unspecified atom stereocenters. The van der Waals surface area contributed by atoms with E-state index in [4.69, 9.17) is 11.6 Å². The molecular formula is C13H18ClNS. The monoisotopic (exact) mass is 255 g/mol. The number of benzene rings is 1. The molecule has 1 N–H and O–H groups in total. The highest BCUT2D eigenvalue weighted by atomic mass is 35.5. The van der Waals surface area contributed by atoms with E-state index in [-0.39, 0.29) is 0 Å². The van der Waals surface area contributed by atoms with E-state index in [9.17, 15) is 0 Å². The second-order valence-corrected chi connectivity index (χ2v) is 6.17. The number of hydrogen-bond donors (Lipinski definition) is 1. The average Bonchev–Trinajstić information content (AvgIpc) is 2.22. The summed E-state index contributed by atoms with van der Waals surface area (Å²) in [4.78, 5) is 0. The zero-order chi connectivity index (χ0) is 11.4. The van der Waals surface area contributed by atoms with Crippen molar-refractivity contribution in [1.29, 1.82) is 0 Å². The van der Waals surface area contributed by atoms with Crippen LogP contribution < -0.4 is 5.32 Å². The molecule has 0 atom stereocenters. The fourth-order valence-corrected chi connectivity index (χ4v) is 3.20. The van der Waals surface area contributed by atoms with Crippen molar-refractivity contribution in [3.05, 3.63) is 34.9 Å². The molecule has 1 aliphatic rings. The second-order valence-electron chi connectivity index (χ2n) is 4.34. The summed E-state index contributed by atoms with van der Waals surface area (Å²) in [5.41, 5.74) is 1.74. The van der Waals surface area contributed by atoms with Crippen molar-refractivity contribution >= 4 is 23.4 Å². The average molecular weight is 256 g/mol. The molecule has 0 saturated carbocycles. The van der Waals surface area contributed by atoms with Crippen LogP contribution in [0.15, 0.2) is 24.3 Å². The molecular weight excluding hydrogens is 238 g/mol. The van der Waals surface area contributed by atoms with Crippen LogP contribution in [0.1, 0.15) is 18.9 Å². The van der Waals surface area contributed by atoms with Crippen LogP contribution in [0.2, 0.25) is 5.02 Å². The summed E-state index contributed by atoms with van der Waals surface area (Å²) >= 11 is 8.09. The van der Waals surface area contributed by atoms with Gasteiger partial charge in [-0.05, 0) is 35.6 Å². The molecule has 0 aliphatic carbocycles. The molecule has 16 heavy (non-hydrogen) atoms. The third-order valence-corrected chi connectivity index (χ3v) is 4.43. The third kappa shape index (κ3) is 2.55. The lowest BCUT2D eigenvalue weighted by Crippen LogP contribution is -2.57. The predicted octanol–water partition coefficient (Wildman–Crippen LogP) is 3.32. The largest absolute Gasteiger partial charge is 0.315 e. The zero-order valence-corrected chi connectivity index (χ0v) is 11.2. The first kappa shape index (κ1) is 12.3. The Morgan fingerprint density at radius 3 is 2.81 bits per heavy atom. The van der Waals surface area contributed by atoms with E-state index < -0.39 is 0 Å². The molecule has 2 rings (SSSR count). The number of nitrogens with one attached hydrogen (secondary N) is 1. The first-order valence-electron chi connectivity index (χ1n) is 5.81. The van der Waals surface area contributed by atoms with E-state index in [0.717, 1.165) is 18.1 Å². The minimum atomic E-state index is 0.340. The first-order chi connectivity index (χ1) is 7.77. The van der Waals surface area contributed by atoms with Crippen LogP contribution in [0.25, 0.3) is 0 Å². The summed E-state index contributed by atoms with van der Waals surface area (Å²) in [7, 11) is 0. The van der Waals surface area contributed by atoms with Gasteiger partial charge in [0, 0.05) is 23.5 Å². The van der Waals surface area contributed by atoms with Crippen LogP contribution in [0.3, 0.4) is 0 Å². The van der Waals surface area contributed by atoms with Crippen LogP contribution in [0, 0.1) is 0 Å². The molecule has 0 aromatic heterocycles. The molecule has 1 heterocycles. The van der Waals surface area contributed by atoms with Gasteiger partial charge in [0.05, 0.1) is 0 Å². The van der Waals surface area contributed by atoms with E-state index >= 15 is 0 Å². The molecule has 1 aromatic carbocycles. The predicted molar refractivity (Wildman–Crippen MR) is 73.6 cm³/mol. The van der Waals surface area contributed by atoms with Crippen LogP contribution in [0.4, 0.5) is 0 Å². The van der Waals surface area contributed by atoms with Gasteiger partial charge in [-0.1, -0.05) is 30.7 Å². The van der Waals surface area contributed by atoms with Gasteiger partial charge in [0.1, 0.15) is 0 Å². The Morgan fingerprint density at radius 2 is 2.25 bits per heavy atom. The molecule has 0 bridgehead atoms. The third-order valence-electron chi connectivity index (χ3n) is 3.29. The fraction of sp³-hybridized carbons (Fsp3) is 0.538. The van der Waals surface area contributed by atoms with Gasteiger partial charge in [-0.3, -0.25) is 0 Å². The molecule has 88 valence electrons. The van der Waals surface area contributed by atoms with Crippen molar-refractivity contribution in [2.45, 2.75) is 18.8 Å². The molecule has 1 aromatic rings. The van der Waals surface area contributed by atoms with Gasteiger partial charge in [0.25, 0.3) is 0 Å². The topological polar surface area (TPSA) is 12.0 Å². The second kappa shape index (κ2) is 5.44.